The standard InChI is InChI=1S/C24H31NO2/c1-13(2)16-10-14(3)22-21-17(16)11-19-18-6-7-20(26)23(27-22)24(18,21)8-9-25(19)12-15-4-5-15/h10,13,15,18-19,23H,4-9,11-12H2,1-3H3/t18?,19?,23-,24-/m1/s1. The molecular weight excluding hydrogens is 334 g/mol. The van der Waals surface area contributed by atoms with Gasteiger partial charge in [-0.15, -0.1) is 0 Å². The summed E-state index contributed by atoms with van der Waals surface area (Å²) >= 11 is 0. The SMILES string of the molecule is Cc1cc(C(C)C)c2c3c1O[C@@H]1C(=O)CCC4C(C2)N(CC2CC2)CC[C@]341. The van der Waals surface area contributed by atoms with Gasteiger partial charge in [0.05, 0.1) is 0 Å². The molecule has 6 rings (SSSR count). The van der Waals surface area contributed by atoms with Crippen molar-refractivity contribution >= 4 is 5.78 Å². The van der Waals surface area contributed by atoms with Crippen LogP contribution in [0.25, 0.3) is 0 Å². The van der Waals surface area contributed by atoms with E-state index in [9.17, 15) is 4.79 Å². The molecule has 0 radical (unpaired) electrons. The minimum Gasteiger partial charge on any atom is -0.481 e. The van der Waals surface area contributed by atoms with Gasteiger partial charge in [-0.25, -0.2) is 0 Å². The number of carbonyl (C=O) groups excluding carboxylic acids is 1. The molecule has 3 heteroatoms. The predicted octanol–water partition coefficient (Wildman–Crippen LogP) is 4.14. The van der Waals surface area contributed by atoms with Crippen LogP contribution in [0.3, 0.4) is 0 Å². The Balaban J connectivity index is 1.57. The van der Waals surface area contributed by atoms with Gasteiger partial charge in [0.15, 0.2) is 11.9 Å². The van der Waals surface area contributed by atoms with Crippen LogP contribution in [0.2, 0.25) is 0 Å². The molecule has 3 nitrogen and oxygen atoms in total. The van der Waals surface area contributed by atoms with Gasteiger partial charge in [-0.05, 0) is 80.0 Å². The average Bonchev–Trinajstić information content (AvgIpc) is 3.38. The van der Waals surface area contributed by atoms with Crippen molar-refractivity contribution in [3.05, 3.63) is 28.3 Å². The van der Waals surface area contributed by atoms with Gasteiger partial charge in [0, 0.05) is 30.0 Å². The van der Waals surface area contributed by atoms with E-state index in [1.165, 1.54) is 42.5 Å². The Morgan fingerprint density at radius 1 is 1.30 bits per heavy atom. The Bertz CT molecular complexity index is 839. The minimum atomic E-state index is -0.211. The van der Waals surface area contributed by atoms with Gasteiger partial charge in [0.2, 0.25) is 0 Å². The Labute approximate surface area is 162 Å². The van der Waals surface area contributed by atoms with E-state index >= 15 is 0 Å². The van der Waals surface area contributed by atoms with E-state index in [4.69, 9.17) is 4.74 Å². The quantitative estimate of drug-likeness (QED) is 0.806. The number of hydrogen-bond acceptors (Lipinski definition) is 3. The molecule has 1 aromatic carbocycles. The summed E-state index contributed by atoms with van der Waals surface area (Å²) in [4.78, 5) is 15.8. The number of rotatable bonds is 3. The second-order valence-electron chi connectivity index (χ2n) is 10.2. The fourth-order valence-electron chi connectivity index (χ4n) is 7.08. The van der Waals surface area contributed by atoms with Crippen LogP contribution >= 0.6 is 0 Å². The van der Waals surface area contributed by atoms with E-state index in [1.807, 2.05) is 0 Å². The summed E-state index contributed by atoms with van der Waals surface area (Å²) < 4.78 is 6.52. The number of ketones is 1. The number of Topliss-reactive ketones (excluding diaryl/α,β-unsaturated/α-hetero) is 1. The van der Waals surface area contributed by atoms with Crippen LogP contribution < -0.4 is 4.74 Å². The van der Waals surface area contributed by atoms with Crippen LogP contribution in [0.15, 0.2) is 6.07 Å². The second-order valence-corrected chi connectivity index (χ2v) is 10.2. The van der Waals surface area contributed by atoms with Gasteiger partial charge in [0.1, 0.15) is 5.75 Å². The smallest absolute Gasteiger partial charge is 0.174 e. The molecule has 144 valence electrons. The van der Waals surface area contributed by atoms with E-state index in [0.717, 1.165) is 31.1 Å². The van der Waals surface area contributed by atoms with Crippen molar-refractivity contribution in [2.24, 2.45) is 11.8 Å². The van der Waals surface area contributed by atoms with Crippen molar-refractivity contribution < 1.29 is 9.53 Å². The van der Waals surface area contributed by atoms with E-state index < -0.39 is 0 Å². The number of hydrogen-bond donors (Lipinski definition) is 0. The van der Waals surface area contributed by atoms with Gasteiger partial charge in [-0.3, -0.25) is 9.69 Å². The zero-order chi connectivity index (χ0) is 18.5. The minimum absolute atomic E-state index is 0.0291. The summed E-state index contributed by atoms with van der Waals surface area (Å²) in [5.41, 5.74) is 5.73. The van der Waals surface area contributed by atoms with E-state index in [-0.39, 0.29) is 11.5 Å². The maximum atomic E-state index is 13.0. The number of carbonyl (C=O) groups is 1. The molecule has 3 aliphatic carbocycles. The Kier molecular flexibility index (Phi) is 3.30. The summed E-state index contributed by atoms with van der Waals surface area (Å²) in [6.07, 6.45) is 6.68. The van der Waals surface area contributed by atoms with Crippen molar-refractivity contribution in [3.63, 3.8) is 0 Å². The van der Waals surface area contributed by atoms with Crippen LogP contribution in [0.5, 0.6) is 5.75 Å². The van der Waals surface area contributed by atoms with Crippen LogP contribution in [0.1, 0.15) is 74.1 Å². The highest BCUT2D eigenvalue weighted by molar-refractivity contribution is 5.89. The summed E-state index contributed by atoms with van der Waals surface area (Å²) in [6.45, 7) is 9.25. The Morgan fingerprint density at radius 3 is 2.85 bits per heavy atom. The summed E-state index contributed by atoms with van der Waals surface area (Å²) in [5.74, 6) is 3.49. The number of likely N-dealkylation sites (tertiary alicyclic amines) is 1. The normalized spacial score (nSPS) is 36.7. The largest absolute Gasteiger partial charge is 0.481 e. The number of piperidine rings is 1. The molecule has 1 aromatic rings. The molecule has 1 saturated heterocycles. The molecule has 4 atom stereocenters. The predicted molar refractivity (Wildman–Crippen MR) is 105 cm³/mol. The van der Waals surface area contributed by atoms with Crippen LogP contribution in [-0.2, 0) is 16.6 Å². The van der Waals surface area contributed by atoms with Crippen molar-refractivity contribution in [2.45, 2.75) is 82.8 Å². The Morgan fingerprint density at radius 2 is 2.11 bits per heavy atom. The molecule has 1 spiro atoms. The third-order valence-corrected chi connectivity index (χ3v) is 8.40. The van der Waals surface area contributed by atoms with Crippen molar-refractivity contribution in [2.75, 3.05) is 13.1 Å². The van der Waals surface area contributed by atoms with Gasteiger partial charge < -0.3 is 4.74 Å². The molecule has 2 aliphatic heterocycles. The molecule has 0 aromatic heterocycles. The highest BCUT2D eigenvalue weighted by Crippen LogP contribution is 2.63. The van der Waals surface area contributed by atoms with E-state index in [2.05, 4.69) is 31.7 Å². The lowest BCUT2D eigenvalue weighted by Crippen LogP contribution is -2.66. The molecule has 0 amide bonds. The lowest BCUT2D eigenvalue weighted by molar-refractivity contribution is -0.138. The molecule has 0 N–H and O–H groups in total. The van der Waals surface area contributed by atoms with E-state index in [1.54, 1.807) is 5.56 Å². The first-order valence-electron chi connectivity index (χ1n) is 11.1. The summed E-state index contributed by atoms with van der Waals surface area (Å²) in [6, 6.07) is 2.97. The Hall–Kier alpha value is -1.35. The third-order valence-electron chi connectivity index (χ3n) is 8.40. The highest BCUT2D eigenvalue weighted by Gasteiger charge is 2.66. The number of aryl methyl sites for hydroxylation is 1. The zero-order valence-corrected chi connectivity index (χ0v) is 16.9. The molecule has 27 heavy (non-hydrogen) atoms. The number of ether oxygens (including phenoxy) is 1. The van der Waals surface area contributed by atoms with Crippen molar-refractivity contribution in [1.29, 1.82) is 0 Å². The van der Waals surface area contributed by atoms with Gasteiger partial charge in [-0.2, -0.15) is 0 Å². The van der Waals surface area contributed by atoms with Crippen molar-refractivity contribution in [3.8, 4) is 5.75 Å². The monoisotopic (exact) mass is 365 g/mol. The van der Waals surface area contributed by atoms with Crippen LogP contribution in [0, 0.1) is 18.8 Å². The molecule has 5 aliphatic rings. The molecule has 2 unspecified atom stereocenters. The molecular formula is C24H31NO2. The molecule has 2 heterocycles. The second kappa shape index (κ2) is 5.37. The highest BCUT2D eigenvalue weighted by atomic mass is 16.5. The molecule has 3 fully saturated rings. The van der Waals surface area contributed by atoms with Crippen molar-refractivity contribution in [1.82, 2.24) is 4.90 Å². The average molecular weight is 366 g/mol. The number of benzene rings is 1. The molecule has 2 bridgehead atoms. The molecule has 2 saturated carbocycles. The van der Waals surface area contributed by atoms with Gasteiger partial charge >= 0.3 is 0 Å². The summed E-state index contributed by atoms with van der Waals surface area (Å²) in [7, 11) is 0. The number of nitrogens with zero attached hydrogens (tertiary/aromatic N) is 1. The van der Waals surface area contributed by atoms with E-state index in [0.29, 0.717) is 30.1 Å². The lowest BCUT2D eigenvalue weighted by Gasteiger charge is -2.58. The zero-order valence-electron chi connectivity index (χ0n) is 16.9. The fourth-order valence-corrected chi connectivity index (χ4v) is 7.08. The maximum Gasteiger partial charge on any atom is 0.174 e. The third kappa shape index (κ3) is 2.04. The fraction of sp³-hybridized carbons (Fsp3) is 0.708. The van der Waals surface area contributed by atoms with Gasteiger partial charge in [0.25, 0.3) is 0 Å². The first kappa shape index (κ1) is 16.6. The van der Waals surface area contributed by atoms with Crippen LogP contribution in [-0.4, -0.2) is 35.9 Å². The first-order chi connectivity index (χ1) is 13.0. The topological polar surface area (TPSA) is 29.5 Å². The lowest BCUT2D eigenvalue weighted by atomic mass is 9.51. The van der Waals surface area contributed by atoms with Crippen LogP contribution in [0.4, 0.5) is 0 Å². The van der Waals surface area contributed by atoms with Gasteiger partial charge in [-0.1, -0.05) is 19.9 Å². The first-order valence-corrected chi connectivity index (χ1v) is 11.1. The summed E-state index contributed by atoms with van der Waals surface area (Å²) in [5, 5.41) is 0. The maximum absolute atomic E-state index is 13.0.